The van der Waals surface area contributed by atoms with E-state index in [9.17, 15) is 4.79 Å². The molecule has 0 saturated carbocycles. The van der Waals surface area contributed by atoms with Crippen molar-refractivity contribution in [3.8, 4) is 0 Å². The minimum Gasteiger partial charge on any atom is -0.445 e. The van der Waals surface area contributed by atoms with Crippen LogP contribution < -0.4 is 5.32 Å². The number of carbonyl (C=O) groups is 1. The van der Waals surface area contributed by atoms with Crippen LogP contribution in [0.5, 0.6) is 0 Å². The van der Waals surface area contributed by atoms with E-state index in [1.807, 2.05) is 58.0 Å². The normalized spacial score (nSPS) is 17.8. The first kappa shape index (κ1) is 21.0. The van der Waals surface area contributed by atoms with Gasteiger partial charge in [-0.15, -0.1) is 0 Å². The number of amides is 1. The van der Waals surface area contributed by atoms with Gasteiger partial charge in [-0.3, -0.25) is 0 Å². The summed E-state index contributed by atoms with van der Waals surface area (Å²) < 4.78 is 17.5. The number of rotatable bonds is 6. The molecule has 1 aromatic carbocycles. The fourth-order valence-electron chi connectivity index (χ4n) is 2.70. The molecular formula is C21H26BN3O4. The molecule has 0 unspecified atom stereocenters. The molecule has 2 aromatic rings. The van der Waals surface area contributed by atoms with Gasteiger partial charge < -0.3 is 19.4 Å². The molecule has 3 rings (SSSR count). The molecule has 1 aromatic heterocycles. The summed E-state index contributed by atoms with van der Waals surface area (Å²) in [7, 11) is -0.627. The van der Waals surface area contributed by atoms with Crippen LogP contribution in [-0.2, 0) is 20.7 Å². The predicted molar refractivity (Wildman–Crippen MR) is 111 cm³/mol. The Hall–Kier alpha value is -2.71. The summed E-state index contributed by atoms with van der Waals surface area (Å²) in [6, 6.07) is 11.2. The first-order valence-electron chi connectivity index (χ1n) is 9.54. The molecule has 1 saturated heterocycles. The van der Waals surface area contributed by atoms with Gasteiger partial charge in [0, 0.05) is 18.9 Å². The van der Waals surface area contributed by atoms with Crippen LogP contribution in [0.3, 0.4) is 0 Å². The molecule has 8 heteroatoms. The van der Waals surface area contributed by atoms with Crippen molar-refractivity contribution >= 4 is 19.3 Å². The summed E-state index contributed by atoms with van der Waals surface area (Å²) in [4.78, 5) is 20.6. The maximum Gasteiger partial charge on any atom is 0.492 e. The molecule has 0 radical (unpaired) electrons. The number of benzene rings is 1. The lowest BCUT2D eigenvalue weighted by Crippen LogP contribution is -2.41. The van der Waals surface area contributed by atoms with Gasteiger partial charge in [0.15, 0.2) is 5.82 Å². The fraction of sp³-hybridized carbons (Fsp3) is 0.381. The van der Waals surface area contributed by atoms with Gasteiger partial charge in [0.05, 0.1) is 11.2 Å². The molecule has 1 aliphatic rings. The van der Waals surface area contributed by atoms with Crippen LogP contribution in [0.1, 0.15) is 39.1 Å². The van der Waals surface area contributed by atoms with Gasteiger partial charge in [-0.25, -0.2) is 14.8 Å². The van der Waals surface area contributed by atoms with E-state index in [1.54, 1.807) is 24.5 Å². The highest BCUT2D eigenvalue weighted by atomic mass is 16.7. The van der Waals surface area contributed by atoms with Gasteiger partial charge in [0.1, 0.15) is 6.61 Å². The van der Waals surface area contributed by atoms with E-state index < -0.39 is 24.4 Å². The second kappa shape index (κ2) is 8.76. The average Bonchev–Trinajstić information content (AvgIpc) is 2.92. The number of ether oxygens (including phenoxy) is 1. The Morgan fingerprint density at radius 1 is 1.07 bits per heavy atom. The number of nitrogens with one attached hydrogen (secondary N) is 1. The Bertz CT molecular complexity index is 841. The minimum absolute atomic E-state index is 0.183. The maximum atomic E-state index is 12.2. The van der Waals surface area contributed by atoms with Crippen molar-refractivity contribution < 1.29 is 18.8 Å². The first-order valence-corrected chi connectivity index (χ1v) is 9.54. The molecule has 1 N–H and O–H groups in total. The molecule has 1 amide bonds. The smallest absolute Gasteiger partial charge is 0.445 e. The Morgan fingerprint density at radius 3 is 2.31 bits per heavy atom. The van der Waals surface area contributed by atoms with Crippen molar-refractivity contribution in [1.82, 2.24) is 15.3 Å². The zero-order chi connectivity index (χ0) is 20.9. The number of aromatic nitrogens is 2. The van der Waals surface area contributed by atoms with Crippen LogP contribution >= 0.6 is 0 Å². The highest BCUT2D eigenvalue weighted by Gasteiger charge is 2.52. The van der Waals surface area contributed by atoms with Crippen molar-refractivity contribution in [2.75, 3.05) is 6.54 Å². The second-order valence-corrected chi connectivity index (χ2v) is 7.83. The number of hydrogen-bond donors (Lipinski definition) is 1. The minimum atomic E-state index is -0.627. The van der Waals surface area contributed by atoms with Crippen LogP contribution in [0.15, 0.2) is 54.3 Å². The lowest BCUT2D eigenvalue weighted by Gasteiger charge is -2.32. The van der Waals surface area contributed by atoms with E-state index in [1.165, 1.54) is 0 Å². The molecule has 1 aliphatic heterocycles. The van der Waals surface area contributed by atoms with Crippen LogP contribution in [-0.4, -0.2) is 40.9 Å². The monoisotopic (exact) mass is 395 g/mol. The summed E-state index contributed by atoms with van der Waals surface area (Å²) in [5.74, 6) is 0.511. The van der Waals surface area contributed by atoms with E-state index in [-0.39, 0.29) is 13.2 Å². The van der Waals surface area contributed by atoms with Gasteiger partial charge in [0.2, 0.25) is 0 Å². The third-order valence-corrected chi connectivity index (χ3v) is 5.11. The SMILES string of the molecule is CC1(C)OB(C(=Cc2ncccn2)CNC(=O)OCc2ccccc2)OC1(C)C. The Kier molecular flexibility index (Phi) is 6.34. The largest absolute Gasteiger partial charge is 0.492 e. The van der Waals surface area contributed by atoms with Crippen molar-refractivity contribution in [2.24, 2.45) is 0 Å². The van der Waals surface area contributed by atoms with E-state index in [0.717, 1.165) is 5.56 Å². The predicted octanol–water partition coefficient (Wildman–Crippen LogP) is 3.42. The topological polar surface area (TPSA) is 82.6 Å². The standard InChI is InChI=1S/C21H26BN3O4/c1-20(2)21(3,4)29-22(28-20)17(13-18-23-11-8-12-24-18)14-25-19(26)27-15-16-9-6-5-7-10-16/h5-13H,14-15H2,1-4H3,(H,25,26). The molecule has 0 bridgehead atoms. The molecule has 1 fully saturated rings. The summed E-state index contributed by atoms with van der Waals surface area (Å²) >= 11 is 0. The molecule has 0 spiro atoms. The Labute approximate surface area is 171 Å². The van der Waals surface area contributed by atoms with E-state index in [0.29, 0.717) is 11.3 Å². The Balaban J connectivity index is 1.68. The molecule has 2 heterocycles. The third kappa shape index (κ3) is 5.43. The maximum absolute atomic E-state index is 12.2. The van der Waals surface area contributed by atoms with Crippen LogP contribution in [0.4, 0.5) is 4.79 Å². The molecule has 0 atom stereocenters. The van der Waals surface area contributed by atoms with Gasteiger partial charge in [-0.1, -0.05) is 30.3 Å². The van der Waals surface area contributed by atoms with Gasteiger partial charge >= 0.3 is 13.2 Å². The zero-order valence-electron chi connectivity index (χ0n) is 17.2. The summed E-state index contributed by atoms with van der Waals surface area (Å²) in [6.07, 6.45) is 4.55. The molecular weight excluding hydrogens is 369 g/mol. The first-order chi connectivity index (χ1) is 13.8. The summed E-state index contributed by atoms with van der Waals surface area (Å²) in [5.41, 5.74) is 0.623. The van der Waals surface area contributed by atoms with Crippen molar-refractivity contribution in [2.45, 2.75) is 45.5 Å². The quantitative estimate of drug-likeness (QED) is 0.755. The number of hydrogen-bond acceptors (Lipinski definition) is 6. The fourth-order valence-corrected chi connectivity index (χ4v) is 2.70. The summed E-state index contributed by atoms with van der Waals surface area (Å²) in [6.45, 7) is 8.29. The summed E-state index contributed by atoms with van der Waals surface area (Å²) in [5, 5.41) is 2.76. The zero-order valence-corrected chi connectivity index (χ0v) is 17.2. The average molecular weight is 395 g/mol. The van der Waals surface area contributed by atoms with Gasteiger partial charge in [0.25, 0.3) is 0 Å². The molecule has 7 nitrogen and oxygen atoms in total. The highest BCUT2D eigenvalue weighted by Crippen LogP contribution is 2.38. The third-order valence-electron chi connectivity index (χ3n) is 5.11. The van der Waals surface area contributed by atoms with Crippen LogP contribution in [0.25, 0.3) is 6.08 Å². The van der Waals surface area contributed by atoms with Gasteiger partial charge in [-0.05, 0) is 50.9 Å². The van der Waals surface area contributed by atoms with Crippen molar-refractivity contribution in [3.05, 3.63) is 65.7 Å². The van der Waals surface area contributed by atoms with Crippen molar-refractivity contribution in [1.29, 1.82) is 0 Å². The molecule has 29 heavy (non-hydrogen) atoms. The van der Waals surface area contributed by atoms with E-state index in [4.69, 9.17) is 14.0 Å². The molecule has 152 valence electrons. The number of carbonyl (C=O) groups excluding carboxylic acids is 1. The molecule has 0 aliphatic carbocycles. The lowest BCUT2D eigenvalue weighted by molar-refractivity contribution is 0.00578. The lowest BCUT2D eigenvalue weighted by atomic mass is 9.77. The number of nitrogens with zero attached hydrogens (tertiary/aromatic N) is 2. The Morgan fingerprint density at radius 2 is 1.69 bits per heavy atom. The van der Waals surface area contributed by atoms with Gasteiger partial charge in [-0.2, -0.15) is 0 Å². The van der Waals surface area contributed by atoms with E-state index in [2.05, 4.69) is 15.3 Å². The van der Waals surface area contributed by atoms with Crippen LogP contribution in [0, 0.1) is 0 Å². The van der Waals surface area contributed by atoms with Crippen molar-refractivity contribution in [3.63, 3.8) is 0 Å². The highest BCUT2D eigenvalue weighted by molar-refractivity contribution is 6.55. The second-order valence-electron chi connectivity index (χ2n) is 7.83. The van der Waals surface area contributed by atoms with E-state index >= 15 is 0 Å². The number of alkyl carbamates (subject to hydrolysis) is 1. The van der Waals surface area contributed by atoms with Crippen LogP contribution in [0.2, 0.25) is 0 Å².